The highest BCUT2D eigenvalue weighted by Crippen LogP contribution is 2.21. The predicted octanol–water partition coefficient (Wildman–Crippen LogP) is 2.71. The van der Waals surface area contributed by atoms with E-state index in [1.807, 2.05) is 24.4 Å². The summed E-state index contributed by atoms with van der Waals surface area (Å²) in [5.74, 6) is 0.449. The summed E-state index contributed by atoms with van der Waals surface area (Å²) in [6.45, 7) is 2.55. The number of thiophene rings is 1. The Bertz CT molecular complexity index is 583. The highest BCUT2D eigenvalue weighted by atomic mass is 32.1. The summed E-state index contributed by atoms with van der Waals surface area (Å²) in [6, 6.07) is 10.9. The maximum Gasteiger partial charge on any atom is 0.253 e. The largest absolute Gasteiger partial charge is 0.497 e. The van der Waals surface area contributed by atoms with Crippen LogP contribution in [0.5, 0.6) is 5.75 Å². The van der Waals surface area contributed by atoms with Gasteiger partial charge in [0.1, 0.15) is 5.75 Å². The number of amides is 1. The highest BCUT2D eigenvalue weighted by molar-refractivity contribution is 7.10. The van der Waals surface area contributed by atoms with Crippen molar-refractivity contribution in [3.63, 3.8) is 0 Å². The van der Waals surface area contributed by atoms with Crippen LogP contribution in [-0.4, -0.2) is 24.7 Å². The van der Waals surface area contributed by atoms with Gasteiger partial charge < -0.3 is 15.2 Å². The Balaban J connectivity index is 1.93. The molecule has 0 fully saturated rings. The van der Waals surface area contributed by atoms with Gasteiger partial charge in [-0.2, -0.15) is 0 Å². The van der Waals surface area contributed by atoms with Crippen LogP contribution in [0.2, 0.25) is 0 Å². The van der Waals surface area contributed by atoms with Crippen LogP contribution < -0.4 is 10.1 Å². The monoisotopic (exact) mass is 305 g/mol. The number of aliphatic hydroxyl groups is 1. The maximum absolute atomic E-state index is 12.0. The van der Waals surface area contributed by atoms with Crippen molar-refractivity contribution >= 4 is 17.2 Å². The number of carbonyl (C=O) groups is 1. The van der Waals surface area contributed by atoms with E-state index in [1.54, 1.807) is 42.7 Å². The number of carbonyl (C=O) groups excluding carboxylic acids is 1. The van der Waals surface area contributed by atoms with E-state index >= 15 is 0 Å². The summed E-state index contributed by atoms with van der Waals surface area (Å²) in [5, 5.41) is 14.9. The number of benzene rings is 1. The van der Waals surface area contributed by atoms with E-state index < -0.39 is 12.0 Å². The number of aliphatic hydroxyl groups excluding tert-OH is 1. The minimum Gasteiger partial charge on any atom is -0.497 e. The van der Waals surface area contributed by atoms with E-state index in [0.29, 0.717) is 17.9 Å². The van der Waals surface area contributed by atoms with Crippen LogP contribution >= 0.6 is 11.3 Å². The molecule has 0 saturated carbocycles. The van der Waals surface area contributed by atoms with Crippen molar-refractivity contribution in [3.05, 3.63) is 52.2 Å². The van der Waals surface area contributed by atoms with Gasteiger partial charge in [-0.15, -0.1) is 11.3 Å². The van der Waals surface area contributed by atoms with Gasteiger partial charge in [0.25, 0.3) is 5.91 Å². The Hall–Kier alpha value is -1.85. The summed E-state index contributed by atoms with van der Waals surface area (Å²) in [7, 11) is 1.55. The molecule has 0 saturated heterocycles. The normalized spacial score (nSPS) is 13.5. The molecule has 0 aliphatic rings. The van der Waals surface area contributed by atoms with Crippen molar-refractivity contribution < 1.29 is 14.6 Å². The number of methoxy groups -OCH3 is 1. The third-order valence-electron chi connectivity index (χ3n) is 3.27. The molecule has 2 atom stereocenters. The van der Waals surface area contributed by atoms with Crippen LogP contribution in [0, 0.1) is 0 Å². The zero-order valence-corrected chi connectivity index (χ0v) is 12.9. The zero-order chi connectivity index (χ0) is 15.2. The second-order valence-corrected chi connectivity index (χ2v) is 5.82. The zero-order valence-electron chi connectivity index (χ0n) is 12.1. The van der Waals surface area contributed by atoms with Gasteiger partial charge in [0.05, 0.1) is 7.11 Å². The van der Waals surface area contributed by atoms with E-state index in [1.165, 1.54) is 4.88 Å². The van der Waals surface area contributed by atoms with Crippen molar-refractivity contribution in [1.29, 1.82) is 0 Å². The first-order valence-corrected chi connectivity index (χ1v) is 7.63. The summed E-state index contributed by atoms with van der Waals surface area (Å²) >= 11 is 1.66. The molecule has 0 radical (unpaired) electrons. The van der Waals surface area contributed by atoms with E-state index in [0.717, 1.165) is 0 Å². The molecule has 1 aromatic heterocycles. The maximum atomic E-state index is 12.0. The molecule has 21 heavy (non-hydrogen) atoms. The summed E-state index contributed by atoms with van der Waals surface area (Å²) in [4.78, 5) is 13.2. The van der Waals surface area contributed by atoms with Crippen LogP contribution in [0.15, 0.2) is 41.8 Å². The molecule has 0 spiro atoms. The van der Waals surface area contributed by atoms with Crippen molar-refractivity contribution in [2.45, 2.75) is 18.9 Å². The molecule has 1 amide bonds. The molecule has 1 aromatic carbocycles. The molecular weight excluding hydrogens is 286 g/mol. The smallest absolute Gasteiger partial charge is 0.253 e. The van der Waals surface area contributed by atoms with Crippen LogP contribution in [0.4, 0.5) is 0 Å². The molecule has 4 nitrogen and oxygen atoms in total. The van der Waals surface area contributed by atoms with Crippen molar-refractivity contribution in [2.75, 3.05) is 13.7 Å². The van der Waals surface area contributed by atoms with Gasteiger partial charge in [0, 0.05) is 17.3 Å². The first kappa shape index (κ1) is 15.5. The fourth-order valence-electron chi connectivity index (χ4n) is 1.99. The standard InChI is InChI=1S/C16H19NO3S/c1-11(14-7-4-8-21-14)10-17-16(19)15(18)12-5-3-6-13(9-12)20-2/h3-9,11,15,18H,10H2,1-2H3,(H,17,19)/t11-,15-/m1/s1. The molecular formula is C16H19NO3S. The predicted molar refractivity (Wildman–Crippen MR) is 83.7 cm³/mol. The molecule has 0 aliphatic heterocycles. The van der Waals surface area contributed by atoms with Crippen molar-refractivity contribution in [3.8, 4) is 5.75 Å². The fraction of sp³-hybridized carbons (Fsp3) is 0.312. The minimum atomic E-state index is -1.18. The molecule has 2 rings (SSSR count). The third-order valence-corrected chi connectivity index (χ3v) is 4.37. The molecule has 0 bridgehead atoms. The van der Waals surface area contributed by atoms with E-state index in [2.05, 4.69) is 5.32 Å². The SMILES string of the molecule is COc1cccc([C@@H](O)C(=O)NC[C@@H](C)c2cccs2)c1. The first-order chi connectivity index (χ1) is 10.1. The van der Waals surface area contributed by atoms with Gasteiger partial charge in [-0.1, -0.05) is 25.1 Å². The van der Waals surface area contributed by atoms with Gasteiger partial charge in [0.2, 0.25) is 0 Å². The Kier molecular flexibility index (Phi) is 5.36. The van der Waals surface area contributed by atoms with Crippen LogP contribution in [0.25, 0.3) is 0 Å². The lowest BCUT2D eigenvalue weighted by atomic mass is 10.1. The van der Waals surface area contributed by atoms with Gasteiger partial charge in [-0.3, -0.25) is 4.79 Å². The number of rotatable bonds is 6. The fourth-order valence-corrected chi connectivity index (χ4v) is 2.77. The third kappa shape index (κ3) is 4.06. The van der Waals surface area contributed by atoms with Gasteiger partial charge in [-0.25, -0.2) is 0 Å². The van der Waals surface area contributed by atoms with E-state index in [9.17, 15) is 9.90 Å². The lowest BCUT2D eigenvalue weighted by Crippen LogP contribution is -2.32. The Labute approximate surface area is 128 Å². The average Bonchev–Trinajstić information content (AvgIpc) is 3.06. The second-order valence-electron chi connectivity index (χ2n) is 4.84. The number of hydrogen-bond donors (Lipinski definition) is 2. The van der Waals surface area contributed by atoms with Gasteiger partial charge in [-0.05, 0) is 29.1 Å². The molecule has 112 valence electrons. The van der Waals surface area contributed by atoms with Gasteiger partial charge >= 0.3 is 0 Å². The quantitative estimate of drug-likeness (QED) is 0.862. The molecule has 2 aromatic rings. The summed E-state index contributed by atoms with van der Waals surface area (Å²) in [6.07, 6.45) is -1.18. The molecule has 5 heteroatoms. The second kappa shape index (κ2) is 7.24. The van der Waals surface area contributed by atoms with Crippen LogP contribution in [0.1, 0.15) is 29.4 Å². The number of ether oxygens (including phenoxy) is 1. The number of hydrogen-bond acceptors (Lipinski definition) is 4. The van der Waals surface area contributed by atoms with Gasteiger partial charge in [0.15, 0.2) is 6.10 Å². The summed E-state index contributed by atoms with van der Waals surface area (Å²) < 4.78 is 5.09. The average molecular weight is 305 g/mol. The lowest BCUT2D eigenvalue weighted by Gasteiger charge is -2.15. The molecule has 0 unspecified atom stereocenters. The van der Waals surface area contributed by atoms with Crippen LogP contribution in [-0.2, 0) is 4.79 Å². The minimum absolute atomic E-state index is 0.228. The molecule has 1 heterocycles. The first-order valence-electron chi connectivity index (χ1n) is 6.75. The highest BCUT2D eigenvalue weighted by Gasteiger charge is 2.18. The van der Waals surface area contributed by atoms with Crippen LogP contribution in [0.3, 0.4) is 0 Å². The topological polar surface area (TPSA) is 58.6 Å². The Morgan fingerprint density at radius 1 is 1.38 bits per heavy atom. The Morgan fingerprint density at radius 3 is 2.86 bits per heavy atom. The Morgan fingerprint density at radius 2 is 2.19 bits per heavy atom. The van der Waals surface area contributed by atoms with Crippen molar-refractivity contribution in [1.82, 2.24) is 5.32 Å². The molecule has 0 aliphatic carbocycles. The summed E-state index contributed by atoms with van der Waals surface area (Å²) in [5.41, 5.74) is 0.524. The lowest BCUT2D eigenvalue weighted by molar-refractivity contribution is -0.129. The molecule has 2 N–H and O–H groups in total. The van der Waals surface area contributed by atoms with Crippen molar-refractivity contribution in [2.24, 2.45) is 0 Å². The number of nitrogens with one attached hydrogen (secondary N) is 1. The van der Waals surface area contributed by atoms with E-state index in [4.69, 9.17) is 4.74 Å². The van der Waals surface area contributed by atoms with E-state index in [-0.39, 0.29) is 5.92 Å².